The normalized spacial score (nSPS) is 32.9. The van der Waals surface area contributed by atoms with E-state index in [4.69, 9.17) is 10.5 Å². The first-order chi connectivity index (χ1) is 13.2. The van der Waals surface area contributed by atoms with E-state index >= 15 is 0 Å². The van der Waals surface area contributed by atoms with Gasteiger partial charge in [0.25, 0.3) is 0 Å². The van der Waals surface area contributed by atoms with Crippen LogP contribution in [0, 0.1) is 16.7 Å². The van der Waals surface area contributed by atoms with E-state index in [9.17, 15) is 10.0 Å². The van der Waals surface area contributed by atoms with Crippen LogP contribution in [0.5, 0.6) is 0 Å². The summed E-state index contributed by atoms with van der Waals surface area (Å²) >= 11 is 0. The number of nitrogens with zero attached hydrogens (tertiary/aromatic N) is 2. The fourth-order valence-corrected chi connectivity index (χ4v) is 3.83. The highest BCUT2D eigenvalue weighted by atomic mass is 16.6. The van der Waals surface area contributed by atoms with Crippen molar-refractivity contribution in [3.63, 3.8) is 0 Å². The molecule has 1 aliphatic carbocycles. The lowest BCUT2D eigenvalue weighted by Crippen LogP contribution is -2.41. The van der Waals surface area contributed by atoms with Gasteiger partial charge in [0.15, 0.2) is 5.84 Å². The third kappa shape index (κ3) is 6.12. The molecule has 0 aromatic heterocycles. The van der Waals surface area contributed by atoms with Crippen molar-refractivity contribution >= 4 is 11.9 Å². The molecule has 3 N–H and O–H groups in total. The Labute approximate surface area is 175 Å². The summed E-state index contributed by atoms with van der Waals surface area (Å²) in [5, 5.41) is 12.6. The summed E-state index contributed by atoms with van der Waals surface area (Å²) in [6.07, 6.45) is 9.78. The Kier molecular flexibility index (Phi) is 6.55. The number of hydrogen-bond acceptors (Lipinski definition) is 4. The number of amides is 1. The van der Waals surface area contributed by atoms with Gasteiger partial charge in [0.05, 0.1) is 5.41 Å². The molecule has 1 aliphatic heterocycles. The van der Waals surface area contributed by atoms with Gasteiger partial charge in [0.1, 0.15) is 5.60 Å². The van der Waals surface area contributed by atoms with Gasteiger partial charge in [-0.2, -0.15) is 0 Å². The molecular formula is C23H37N3O3. The highest BCUT2D eigenvalue weighted by Gasteiger charge is 2.32. The topological polar surface area (TPSA) is 88.2 Å². The van der Waals surface area contributed by atoms with Crippen molar-refractivity contribution in [2.45, 2.75) is 66.9 Å². The summed E-state index contributed by atoms with van der Waals surface area (Å²) in [5.41, 5.74) is 7.10. The number of allylic oxidation sites excluding steroid dienone is 3. The Bertz CT molecular complexity index is 756. The third-order valence-electron chi connectivity index (χ3n) is 5.35. The van der Waals surface area contributed by atoms with E-state index in [0.29, 0.717) is 13.1 Å². The molecule has 0 saturated carbocycles. The predicted molar refractivity (Wildman–Crippen MR) is 117 cm³/mol. The molecule has 1 heterocycles. The number of hydrogen-bond donors (Lipinski definition) is 2. The van der Waals surface area contributed by atoms with Gasteiger partial charge < -0.3 is 20.6 Å². The second-order valence-electron chi connectivity index (χ2n) is 10.2. The smallest absolute Gasteiger partial charge is 0.410 e. The number of oxime groups is 1. The van der Waals surface area contributed by atoms with Crippen LogP contribution in [-0.2, 0) is 4.74 Å². The van der Waals surface area contributed by atoms with Crippen molar-refractivity contribution in [1.29, 1.82) is 0 Å². The molecule has 2 unspecified atom stereocenters. The van der Waals surface area contributed by atoms with E-state index in [1.165, 1.54) is 11.1 Å². The highest BCUT2D eigenvalue weighted by molar-refractivity contribution is 5.89. The minimum atomic E-state index is -0.662. The van der Waals surface area contributed by atoms with E-state index in [-0.39, 0.29) is 23.3 Å². The average molecular weight is 404 g/mol. The molecule has 6 heteroatoms. The number of nitrogens with two attached hydrogens (primary N) is 1. The van der Waals surface area contributed by atoms with Gasteiger partial charge in [-0.1, -0.05) is 50.2 Å². The molecule has 2 aliphatic rings. The van der Waals surface area contributed by atoms with Gasteiger partial charge in [0, 0.05) is 18.5 Å². The van der Waals surface area contributed by atoms with Gasteiger partial charge >= 0.3 is 6.09 Å². The summed E-state index contributed by atoms with van der Waals surface area (Å²) in [7, 11) is 0. The molecule has 2 rings (SSSR count). The van der Waals surface area contributed by atoms with Crippen LogP contribution >= 0.6 is 0 Å². The monoisotopic (exact) mass is 403 g/mol. The van der Waals surface area contributed by atoms with Crippen LogP contribution in [0.4, 0.5) is 4.79 Å². The summed E-state index contributed by atoms with van der Waals surface area (Å²) in [6, 6.07) is 0. The first-order valence-electron chi connectivity index (χ1n) is 10.3. The van der Waals surface area contributed by atoms with E-state index < -0.39 is 11.0 Å². The van der Waals surface area contributed by atoms with Crippen LogP contribution in [0.2, 0.25) is 0 Å². The van der Waals surface area contributed by atoms with Crippen LogP contribution in [0.3, 0.4) is 0 Å². The Balaban J connectivity index is 2.42. The van der Waals surface area contributed by atoms with Crippen molar-refractivity contribution in [1.82, 2.24) is 4.90 Å². The summed E-state index contributed by atoms with van der Waals surface area (Å²) in [4.78, 5) is 14.5. The zero-order chi connectivity index (χ0) is 22.0. The number of carbonyl (C=O) groups excluding carboxylic acids is 1. The quantitative estimate of drug-likeness (QED) is 0.215. The highest BCUT2D eigenvalue weighted by Crippen LogP contribution is 2.38. The lowest BCUT2D eigenvalue weighted by Gasteiger charge is -2.35. The van der Waals surface area contributed by atoms with Crippen LogP contribution in [0.25, 0.3) is 0 Å². The lowest BCUT2D eigenvalue weighted by molar-refractivity contribution is 0.0222. The number of carbonyl (C=O) groups is 1. The van der Waals surface area contributed by atoms with Gasteiger partial charge in [-0.15, -0.1) is 0 Å². The standard InChI is InChI=1S/C23H37N3O3/c1-16-12-18-14-23(7,19(24)25-28)10-9-22(5,6)13-17(18)8-11-26(15-16)20(27)29-21(2,3)4/h9-10,13-14,16,28H,8,11-12,15H2,1-7H3,(H2,24,25)/b10-9-,17-13-,18-14-. The molecule has 0 aromatic rings. The van der Waals surface area contributed by atoms with Crippen LogP contribution < -0.4 is 5.73 Å². The van der Waals surface area contributed by atoms with Crippen LogP contribution in [-0.4, -0.2) is 40.7 Å². The first kappa shape index (κ1) is 23.0. The van der Waals surface area contributed by atoms with Crippen LogP contribution in [0.1, 0.15) is 61.3 Å². The molecule has 1 saturated heterocycles. The second-order valence-corrected chi connectivity index (χ2v) is 10.2. The lowest BCUT2D eigenvalue weighted by atomic mass is 9.75. The number of fused-ring (bicyclic) bond motifs is 1. The molecule has 1 fully saturated rings. The van der Waals surface area contributed by atoms with Crippen molar-refractivity contribution in [3.05, 3.63) is 35.5 Å². The Morgan fingerprint density at radius 2 is 1.90 bits per heavy atom. The first-order valence-corrected chi connectivity index (χ1v) is 10.3. The largest absolute Gasteiger partial charge is 0.444 e. The Morgan fingerprint density at radius 1 is 1.24 bits per heavy atom. The van der Waals surface area contributed by atoms with E-state index in [0.717, 1.165) is 12.8 Å². The fourth-order valence-electron chi connectivity index (χ4n) is 3.83. The molecule has 0 spiro atoms. The predicted octanol–water partition coefficient (Wildman–Crippen LogP) is 4.85. The van der Waals surface area contributed by atoms with Gasteiger partial charge in [0.2, 0.25) is 0 Å². The Morgan fingerprint density at radius 3 is 2.48 bits per heavy atom. The van der Waals surface area contributed by atoms with Gasteiger partial charge in [-0.3, -0.25) is 0 Å². The molecular weight excluding hydrogens is 366 g/mol. The van der Waals surface area contributed by atoms with E-state index in [1.54, 1.807) is 0 Å². The Hall–Kier alpha value is -2.24. The third-order valence-corrected chi connectivity index (χ3v) is 5.35. The second kappa shape index (κ2) is 8.25. The van der Waals surface area contributed by atoms with Crippen molar-refractivity contribution in [3.8, 4) is 0 Å². The number of likely N-dealkylation sites (tertiary alicyclic amines) is 1. The summed E-state index contributed by atoms with van der Waals surface area (Å²) < 4.78 is 5.60. The number of amidine groups is 1. The molecule has 162 valence electrons. The summed E-state index contributed by atoms with van der Waals surface area (Å²) in [6.45, 7) is 15.3. The maximum Gasteiger partial charge on any atom is 0.410 e. The zero-order valence-electron chi connectivity index (χ0n) is 19.0. The minimum Gasteiger partial charge on any atom is -0.444 e. The van der Waals surface area contributed by atoms with Gasteiger partial charge in [-0.05, 0) is 57.6 Å². The zero-order valence-corrected chi connectivity index (χ0v) is 19.0. The minimum absolute atomic E-state index is 0.170. The van der Waals surface area contributed by atoms with Crippen molar-refractivity contribution < 1.29 is 14.7 Å². The molecule has 6 nitrogen and oxygen atoms in total. The van der Waals surface area contributed by atoms with Crippen molar-refractivity contribution in [2.75, 3.05) is 13.1 Å². The van der Waals surface area contributed by atoms with Crippen molar-refractivity contribution in [2.24, 2.45) is 27.6 Å². The van der Waals surface area contributed by atoms with E-state index in [1.807, 2.05) is 38.7 Å². The summed E-state index contributed by atoms with van der Waals surface area (Å²) in [5.74, 6) is 0.420. The molecule has 1 amide bonds. The molecule has 0 radical (unpaired) electrons. The van der Waals surface area contributed by atoms with Crippen LogP contribution in [0.15, 0.2) is 40.6 Å². The number of ether oxygens (including phenoxy) is 1. The molecule has 0 aromatic carbocycles. The molecule has 0 bridgehead atoms. The molecule has 29 heavy (non-hydrogen) atoms. The van der Waals surface area contributed by atoms with Gasteiger partial charge in [-0.25, -0.2) is 4.79 Å². The fraction of sp³-hybridized carbons (Fsp3) is 0.652. The number of rotatable bonds is 1. The SMILES string of the molecule is CC1CC2=C/C(C)(/C(N)=N/O)/C=C\C(C)(C)/C=C\2CCN(C(=O)OC(C)(C)C)C1. The molecule has 2 atom stereocenters. The van der Waals surface area contributed by atoms with E-state index in [2.05, 4.69) is 44.2 Å². The average Bonchev–Trinajstić information content (AvgIpc) is 2.57. The maximum absolute atomic E-state index is 12.7. The maximum atomic E-state index is 12.7.